The van der Waals surface area contributed by atoms with Gasteiger partial charge < -0.3 is 14.2 Å². The highest BCUT2D eigenvalue weighted by Gasteiger charge is 2.22. The zero-order chi connectivity index (χ0) is 13.2. The molecule has 0 bridgehead atoms. The van der Waals surface area contributed by atoms with Crippen molar-refractivity contribution in [2.75, 3.05) is 26.9 Å². The molecule has 0 amide bonds. The van der Waals surface area contributed by atoms with Crippen LogP contribution in [0.25, 0.3) is 0 Å². The second kappa shape index (κ2) is 5.14. The third-order valence-electron chi connectivity index (χ3n) is 2.13. The van der Waals surface area contributed by atoms with Gasteiger partial charge in [-0.15, -0.1) is 0 Å². The van der Waals surface area contributed by atoms with Gasteiger partial charge in [0.25, 0.3) is 0 Å². The van der Waals surface area contributed by atoms with Gasteiger partial charge in [-0.1, -0.05) is 12.1 Å². The number of ether oxygens (including phenoxy) is 3. The first-order valence-electron chi connectivity index (χ1n) is 6.38. The van der Waals surface area contributed by atoms with Gasteiger partial charge in [-0.25, -0.2) is 0 Å². The van der Waals surface area contributed by atoms with Crippen molar-refractivity contribution in [1.29, 1.82) is 0 Å². The molecule has 1 aromatic carbocycles. The van der Waals surface area contributed by atoms with Gasteiger partial charge in [0.05, 0.1) is 17.3 Å². The molecule has 0 aliphatic carbocycles. The maximum absolute atomic E-state index is 7.59. The first-order valence-corrected chi connectivity index (χ1v) is 4.88. The van der Waals surface area contributed by atoms with E-state index in [0.29, 0.717) is 12.4 Å². The summed E-state index contributed by atoms with van der Waals surface area (Å²) < 4.78 is 37.1. The predicted octanol–water partition coefficient (Wildman–Crippen LogP) is 1.65. The summed E-state index contributed by atoms with van der Waals surface area (Å²) in [6.45, 7) is -1.34. The maximum Gasteiger partial charge on any atom is 0.119 e. The Kier molecular flexibility index (Phi) is 2.49. The molecule has 3 heteroatoms. The van der Waals surface area contributed by atoms with Crippen LogP contribution in [0, 0.1) is 0 Å². The first-order chi connectivity index (χ1) is 8.47. The molecule has 1 saturated heterocycles. The molecule has 2 rings (SSSR count). The second-order valence-electron chi connectivity index (χ2n) is 3.30. The molecule has 1 aliphatic heterocycles. The van der Waals surface area contributed by atoms with Crippen LogP contribution in [0.3, 0.4) is 0 Å². The van der Waals surface area contributed by atoms with E-state index in [1.807, 2.05) is 12.1 Å². The lowest BCUT2D eigenvalue weighted by molar-refractivity contribution is 0.202. The van der Waals surface area contributed by atoms with Gasteiger partial charge >= 0.3 is 0 Å². The number of epoxide rings is 1. The van der Waals surface area contributed by atoms with Gasteiger partial charge in [0, 0.05) is 7.11 Å². The minimum atomic E-state index is -1.90. The molecule has 82 valence electrons. The Hall–Kier alpha value is -1.06. The Morgan fingerprint density at radius 3 is 2.87 bits per heavy atom. The smallest absolute Gasteiger partial charge is 0.119 e. The van der Waals surface area contributed by atoms with Crippen molar-refractivity contribution in [3.63, 3.8) is 0 Å². The Morgan fingerprint density at radius 1 is 1.53 bits per heavy atom. The van der Waals surface area contributed by atoms with Crippen molar-refractivity contribution < 1.29 is 18.3 Å². The molecule has 1 aromatic rings. The van der Waals surface area contributed by atoms with Gasteiger partial charge in [-0.05, 0) is 24.1 Å². The number of hydrogen-bond acceptors (Lipinski definition) is 3. The summed E-state index contributed by atoms with van der Waals surface area (Å²) in [6, 6.07) is 7.44. The molecular weight excluding hydrogens is 192 g/mol. The fourth-order valence-corrected chi connectivity index (χ4v) is 1.22. The summed E-state index contributed by atoms with van der Waals surface area (Å²) in [4.78, 5) is 0. The summed E-state index contributed by atoms with van der Waals surface area (Å²) >= 11 is 0. The summed E-state index contributed by atoms with van der Waals surface area (Å²) in [5.41, 5.74) is 1.14. The van der Waals surface area contributed by atoms with Crippen LogP contribution in [0.4, 0.5) is 0 Å². The Labute approximate surface area is 94.2 Å². The Morgan fingerprint density at radius 2 is 2.27 bits per heavy atom. The van der Waals surface area contributed by atoms with E-state index in [4.69, 9.17) is 13.6 Å². The minimum absolute atomic E-state index is 0.114. The van der Waals surface area contributed by atoms with Crippen LogP contribution in [-0.2, 0) is 15.9 Å². The summed E-state index contributed by atoms with van der Waals surface area (Å²) in [5.74, 6) is 0.606. The van der Waals surface area contributed by atoms with E-state index in [0.717, 1.165) is 12.0 Å². The number of rotatable bonds is 6. The molecule has 0 spiro atoms. The molecular formula is C12H16O3. The van der Waals surface area contributed by atoms with E-state index in [1.54, 1.807) is 19.2 Å². The van der Waals surface area contributed by atoms with E-state index < -0.39 is 12.6 Å². The van der Waals surface area contributed by atoms with Crippen molar-refractivity contribution >= 4 is 0 Å². The first kappa shape index (κ1) is 7.25. The SMILES string of the molecule is [2H]C1([2H])OC1([2H])COc1ccc(CCOC)cc1. The average molecular weight is 211 g/mol. The number of hydrogen-bond donors (Lipinski definition) is 0. The molecule has 1 atom stereocenters. The van der Waals surface area contributed by atoms with Crippen LogP contribution in [0.15, 0.2) is 24.3 Å². The van der Waals surface area contributed by atoms with Crippen LogP contribution in [0.2, 0.25) is 0 Å². The second-order valence-corrected chi connectivity index (χ2v) is 3.30. The van der Waals surface area contributed by atoms with E-state index >= 15 is 0 Å². The molecule has 1 aliphatic rings. The van der Waals surface area contributed by atoms with Gasteiger partial charge in [-0.2, -0.15) is 0 Å². The third-order valence-corrected chi connectivity index (χ3v) is 2.13. The number of benzene rings is 1. The molecule has 1 unspecified atom stereocenters. The summed E-state index contributed by atoms with van der Waals surface area (Å²) in [7, 11) is 1.66. The fraction of sp³-hybridized carbons (Fsp3) is 0.500. The quantitative estimate of drug-likeness (QED) is 0.670. The number of methoxy groups -OCH3 is 1. The van der Waals surface area contributed by atoms with Gasteiger partial charge in [0.1, 0.15) is 18.4 Å². The normalized spacial score (nSPS) is 30.1. The van der Waals surface area contributed by atoms with Crippen LogP contribution in [-0.4, -0.2) is 33.0 Å². The summed E-state index contributed by atoms with van der Waals surface area (Å²) in [6.07, 6.45) is -0.730. The standard InChI is InChI=1S/C12H16O3/c1-13-7-6-10-2-4-11(5-3-10)14-8-12-9-15-12/h2-5,12H,6-9H2,1H3/i9D2,12D. The highest BCUT2D eigenvalue weighted by Crippen LogP contribution is 2.15. The largest absolute Gasteiger partial charge is 0.491 e. The molecule has 1 heterocycles. The molecule has 0 radical (unpaired) electrons. The zero-order valence-electron chi connectivity index (χ0n) is 11.7. The monoisotopic (exact) mass is 211 g/mol. The van der Waals surface area contributed by atoms with Crippen molar-refractivity contribution in [3.8, 4) is 5.75 Å². The topological polar surface area (TPSA) is 31.0 Å². The van der Waals surface area contributed by atoms with Crippen molar-refractivity contribution in [2.45, 2.75) is 12.5 Å². The molecule has 0 aromatic heterocycles. The van der Waals surface area contributed by atoms with Crippen molar-refractivity contribution in [3.05, 3.63) is 29.8 Å². The zero-order valence-corrected chi connectivity index (χ0v) is 8.66. The molecule has 0 N–H and O–H groups in total. The van der Waals surface area contributed by atoms with Gasteiger partial charge in [-0.3, -0.25) is 0 Å². The van der Waals surface area contributed by atoms with Gasteiger partial charge in [0.2, 0.25) is 0 Å². The van der Waals surface area contributed by atoms with Crippen molar-refractivity contribution in [1.82, 2.24) is 0 Å². The minimum Gasteiger partial charge on any atom is -0.491 e. The van der Waals surface area contributed by atoms with Crippen LogP contribution in [0.1, 0.15) is 9.68 Å². The van der Waals surface area contributed by atoms with E-state index in [1.165, 1.54) is 0 Å². The Bertz CT molecular complexity index is 408. The maximum atomic E-state index is 7.59. The van der Waals surface area contributed by atoms with E-state index in [9.17, 15) is 0 Å². The van der Waals surface area contributed by atoms with E-state index in [-0.39, 0.29) is 6.61 Å². The van der Waals surface area contributed by atoms with Gasteiger partial charge in [0.15, 0.2) is 0 Å². The van der Waals surface area contributed by atoms with Crippen LogP contribution < -0.4 is 4.74 Å². The van der Waals surface area contributed by atoms with Crippen LogP contribution in [0.5, 0.6) is 5.75 Å². The average Bonchev–Trinajstić information content (AvgIpc) is 2.85. The molecule has 1 fully saturated rings. The van der Waals surface area contributed by atoms with Crippen molar-refractivity contribution in [2.24, 2.45) is 0 Å². The molecule has 0 saturated carbocycles. The third kappa shape index (κ3) is 3.53. The fourth-order valence-electron chi connectivity index (χ4n) is 1.22. The Balaban J connectivity index is 1.84. The molecule has 3 nitrogen and oxygen atoms in total. The lowest BCUT2D eigenvalue weighted by atomic mass is 10.1. The highest BCUT2D eigenvalue weighted by atomic mass is 16.6. The lowest BCUT2D eigenvalue weighted by Gasteiger charge is -2.05. The van der Waals surface area contributed by atoms with Crippen LogP contribution >= 0.6 is 0 Å². The highest BCUT2D eigenvalue weighted by molar-refractivity contribution is 5.27. The molecule has 15 heavy (non-hydrogen) atoms. The summed E-state index contributed by atoms with van der Waals surface area (Å²) in [5, 5.41) is 0. The predicted molar refractivity (Wildman–Crippen MR) is 57.3 cm³/mol. The van der Waals surface area contributed by atoms with E-state index in [2.05, 4.69) is 4.74 Å². The lowest BCUT2D eigenvalue weighted by Crippen LogP contribution is -2.04.